The number of hydrogen-bond acceptors (Lipinski definition) is 3. The molecule has 0 atom stereocenters. The zero-order valence-corrected chi connectivity index (χ0v) is 16.3. The van der Waals surface area contributed by atoms with Crippen molar-refractivity contribution in [2.45, 2.75) is 40.2 Å². The Balaban J connectivity index is 1.99. The van der Waals surface area contributed by atoms with Gasteiger partial charge in [0.25, 0.3) is 11.8 Å². The van der Waals surface area contributed by atoms with Crippen LogP contribution in [-0.2, 0) is 0 Å². The molecule has 2 amide bonds. The number of imidazole rings is 1. The molecule has 1 aromatic carbocycles. The van der Waals surface area contributed by atoms with Gasteiger partial charge in [0.05, 0.1) is 5.52 Å². The minimum Gasteiger partial charge on any atom is -0.345 e. The van der Waals surface area contributed by atoms with E-state index in [2.05, 4.69) is 15.6 Å². The van der Waals surface area contributed by atoms with E-state index in [1.165, 1.54) is 0 Å². The molecule has 0 aliphatic heterocycles. The molecular weight excluding hydrogens is 340 g/mol. The van der Waals surface area contributed by atoms with E-state index in [-0.39, 0.29) is 23.3 Å². The molecule has 0 radical (unpaired) electrons. The monoisotopic (exact) mass is 364 g/mol. The van der Waals surface area contributed by atoms with Gasteiger partial charge in [0, 0.05) is 17.4 Å². The van der Waals surface area contributed by atoms with Crippen LogP contribution in [0.3, 0.4) is 0 Å². The highest BCUT2D eigenvalue weighted by Crippen LogP contribution is 2.18. The molecule has 27 heavy (non-hydrogen) atoms. The number of carbonyl (C=O) groups excluding carboxylic acids is 2. The molecule has 0 aliphatic carbocycles. The predicted octanol–water partition coefficient (Wildman–Crippen LogP) is 3.73. The Bertz CT molecular complexity index is 1010. The molecule has 0 fully saturated rings. The van der Waals surface area contributed by atoms with Crippen LogP contribution in [-0.4, -0.2) is 26.7 Å². The van der Waals surface area contributed by atoms with Crippen molar-refractivity contribution >= 4 is 23.0 Å². The molecule has 0 spiro atoms. The number of benzene rings is 1. The number of aromatic nitrogens is 2. The number of nitrogens with zero attached hydrogens (tertiary/aromatic N) is 2. The van der Waals surface area contributed by atoms with Gasteiger partial charge in [-0.05, 0) is 70.0 Å². The Labute approximate surface area is 158 Å². The minimum atomic E-state index is -0.404. The van der Waals surface area contributed by atoms with Crippen molar-refractivity contribution < 1.29 is 9.59 Å². The van der Waals surface area contributed by atoms with Crippen LogP contribution in [0.5, 0.6) is 0 Å². The Hall–Kier alpha value is -3.15. The Morgan fingerprint density at radius 1 is 1.00 bits per heavy atom. The van der Waals surface area contributed by atoms with Crippen LogP contribution >= 0.6 is 0 Å². The zero-order chi connectivity index (χ0) is 19.8. The van der Waals surface area contributed by atoms with Gasteiger partial charge in [-0.25, -0.2) is 4.98 Å². The average molecular weight is 364 g/mol. The summed E-state index contributed by atoms with van der Waals surface area (Å²) in [5.74, 6) is -0.487. The number of aryl methyl sites for hydroxylation is 2. The fraction of sp³-hybridized carbons (Fsp3) is 0.286. The molecule has 0 saturated heterocycles. The number of rotatable bonds is 3. The summed E-state index contributed by atoms with van der Waals surface area (Å²) in [4.78, 5) is 29.8. The van der Waals surface area contributed by atoms with E-state index in [1.807, 2.05) is 58.9 Å². The van der Waals surface area contributed by atoms with Crippen LogP contribution in [0.4, 0.5) is 5.69 Å². The number of pyridine rings is 1. The Morgan fingerprint density at radius 2 is 1.67 bits per heavy atom. The molecule has 6 nitrogen and oxygen atoms in total. The highest BCUT2D eigenvalue weighted by atomic mass is 16.2. The van der Waals surface area contributed by atoms with Gasteiger partial charge >= 0.3 is 0 Å². The van der Waals surface area contributed by atoms with Gasteiger partial charge in [0.2, 0.25) is 5.82 Å². The van der Waals surface area contributed by atoms with Gasteiger partial charge in [-0.15, -0.1) is 0 Å². The minimum absolute atomic E-state index is 0.186. The third-order valence-electron chi connectivity index (χ3n) is 3.93. The fourth-order valence-electron chi connectivity index (χ4n) is 3.00. The normalized spacial score (nSPS) is 11.4. The number of amides is 2. The molecule has 2 heterocycles. The maximum Gasteiger partial charge on any atom is 0.288 e. The molecular formula is C21H24N4O2. The van der Waals surface area contributed by atoms with Crippen molar-refractivity contribution in [2.75, 3.05) is 5.32 Å². The first-order chi connectivity index (χ1) is 12.6. The van der Waals surface area contributed by atoms with Crippen LogP contribution in [0.1, 0.15) is 53.0 Å². The quantitative estimate of drug-likeness (QED) is 0.743. The predicted molar refractivity (Wildman–Crippen MR) is 106 cm³/mol. The number of hydrogen-bond donors (Lipinski definition) is 2. The molecule has 3 rings (SSSR count). The lowest BCUT2D eigenvalue weighted by Gasteiger charge is -2.19. The van der Waals surface area contributed by atoms with Crippen molar-refractivity contribution in [3.8, 4) is 0 Å². The first kappa shape index (κ1) is 18.6. The van der Waals surface area contributed by atoms with Crippen LogP contribution in [0, 0.1) is 13.8 Å². The van der Waals surface area contributed by atoms with Crippen LogP contribution in [0.15, 0.2) is 42.6 Å². The lowest BCUT2D eigenvalue weighted by atomic mass is 10.1. The first-order valence-corrected chi connectivity index (χ1v) is 8.83. The summed E-state index contributed by atoms with van der Waals surface area (Å²) >= 11 is 0. The molecule has 0 saturated carbocycles. The molecule has 2 N–H and O–H groups in total. The average Bonchev–Trinajstić information content (AvgIpc) is 2.92. The summed E-state index contributed by atoms with van der Waals surface area (Å²) < 4.78 is 1.64. The standard InChI is InChI=1S/C21H24N4O2/c1-13-10-14(2)12-15(11-13)22-19(26)17-16-8-6-7-9-25(16)18(23-17)20(27)24-21(3,4)5/h6-12H,1-5H3,(H,22,26)(H,24,27). The van der Waals surface area contributed by atoms with E-state index in [9.17, 15) is 9.59 Å². The topological polar surface area (TPSA) is 75.5 Å². The smallest absolute Gasteiger partial charge is 0.288 e. The summed E-state index contributed by atoms with van der Waals surface area (Å²) in [6, 6.07) is 11.2. The maximum absolute atomic E-state index is 12.9. The Kier molecular flexibility index (Phi) is 4.74. The molecule has 6 heteroatoms. The van der Waals surface area contributed by atoms with Crippen molar-refractivity contribution in [2.24, 2.45) is 0 Å². The van der Waals surface area contributed by atoms with Crippen molar-refractivity contribution in [3.05, 3.63) is 65.2 Å². The SMILES string of the molecule is Cc1cc(C)cc(NC(=O)c2nc(C(=O)NC(C)(C)C)n3ccccc23)c1. The molecule has 2 aromatic heterocycles. The van der Waals surface area contributed by atoms with E-state index in [0.29, 0.717) is 11.2 Å². The maximum atomic E-state index is 12.9. The van der Waals surface area contributed by atoms with Crippen LogP contribution < -0.4 is 10.6 Å². The third kappa shape index (κ3) is 4.16. The lowest BCUT2D eigenvalue weighted by molar-refractivity contribution is 0.0908. The molecule has 0 unspecified atom stereocenters. The van der Waals surface area contributed by atoms with Gasteiger partial charge in [-0.1, -0.05) is 12.1 Å². The summed E-state index contributed by atoms with van der Waals surface area (Å²) in [6.07, 6.45) is 1.73. The number of carbonyl (C=O) groups is 2. The second-order valence-corrected chi connectivity index (χ2v) is 7.77. The summed E-state index contributed by atoms with van der Waals surface area (Å²) in [5, 5.41) is 5.78. The van der Waals surface area contributed by atoms with Crippen LogP contribution in [0.25, 0.3) is 5.52 Å². The summed E-state index contributed by atoms with van der Waals surface area (Å²) in [6.45, 7) is 9.64. The van der Waals surface area contributed by atoms with Gasteiger partial charge in [0.15, 0.2) is 5.69 Å². The number of fused-ring (bicyclic) bond motifs is 1. The third-order valence-corrected chi connectivity index (χ3v) is 3.93. The van der Waals surface area contributed by atoms with E-state index in [0.717, 1.165) is 11.1 Å². The van der Waals surface area contributed by atoms with Crippen molar-refractivity contribution in [1.82, 2.24) is 14.7 Å². The molecule has 3 aromatic rings. The second-order valence-electron chi connectivity index (χ2n) is 7.77. The molecule has 140 valence electrons. The van der Waals surface area contributed by atoms with Gasteiger partial charge < -0.3 is 10.6 Å². The largest absolute Gasteiger partial charge is 0.345 e. The Morgan fingerprint density at radius 3 is 2.30 bits per heavy atom. The summed E-state index contributed by atoms with van der Waals surface area (Å²) in [5.41, 5.74) is 3.22. The molecule has 0 aliphatic rings. The van der Waals surface area contributed by atoms with E-state index in [4.69, 9.17) is 0 Å². The van der Waals surface area contributed by atoms with Crippen molar-refractivity contribution in [3.63, 3.8) is 0 Å². The highest BCUT2D eigenvalue weighted by molar-refractivity contribution is 6.09. The fourth-order valence-corrected chi connectivity index (χ4v) is 3.00. The second kappa shape index (κ2) is 6.87. The van der Waals surface area contributed by atoms with Gasteiger partial charge in [0.1, 0.15) is 0 Å². The van der Waals surface area contributed by atoms with E-state index < -0.39 is 5.54 Å². The van der Waals surface area contributed by atoms with Crippen LogP contribution in [0.2, 0.25) is 0 Å². The van der Waals surface area contributed by atoms with Gasteiger partial charge in [-0.3, -0.25) is 14.0 Å². The van der Waals surface area contributed by atoms with E-state index >= 15 is 0 Å². The summed E-state index contributed by atoms with van der Waals surface area (Å²) in [7, 11) is 0. The number of anilines is 1. The zero-order valence-electron chi connectivity index (χ0n) is 16.3. The van der Waals surface area contributed by atoms with Crippen molar-refractivity contribution in [1.29, 1.82) is 0 Å². The highest BCUT2D eigenvalue weighted by Gasteiger charge is 2.24. The van der Waals surface area contributed by atoms with E-state index in [1.54, 1.807) is 22.7 Å². The number of nitrogens with one attached hydrogen (secondary N) is 2. The molecule has 0 bridgehead atoms. The first-order valence-electron chi connectivity index (χ1n) is 8.83. The van der Waals surface area contributed by atoms with Gasteiger partial charge in [-0.2, -0.15) is 0 Å². The lowest BCUT2D eigenvalue weighted by Crippen LogP contribution is -2.41.